The van der Waals surface area contributed by atoms with E-state index in [1.807, 2.05) is 18.2 Å². The van der Waals surface area contributed by atoms with Gasteiger partial charge in [0.25, 0.3) is 0 Å². The normalized spacial score (nSPS) is 16.9. The first-order valence-electron chi connectivity index (χ1n) is 8.88. The lowest BCUT2D eigenvalue weighted by molar-refractivity contribution is 0.0513. The van der Waals surface area contributed by atoms with E-state index in [0.29, 0.717) is 25.3 Å². The summed E-state index contributed by atoms with van der Waals surface area (Å²) in [7, 11) is 0. The molecule has 1 aliphatic heterocycles. The third-order valence-corrected chi connectivity index (χ3v) is 4.26. The molecule has 2 aromatic heterocycles. The Balaban J connectivity index is 1.78. The fourth-order valence-corrected chi connectivity index (χ4v) is 3.12. The second-order valence-corrected chi connectivity index (χ2v) is 6.28. The number of hydrogen-bond acceptors (Lipinski definition) is 6. The van der Waals surface area contributed by atoms with Crippen LogP contribution in [-0.4, -0.2) is 51.7 Å². The molecule has 8 heteroatoms. The maximum Gasteiger partial charge on any atom is 0.356 e. The van der Waals surface area contributed by atoms with Crippen LogP contribution in [0.15, 0.2) is 29.2 Å². The summed E-state index contributed by atoms with van der Waals surface area (Å²) in [6, 6.07) is 5.76. The topological polar surface area (TPSA) is 100 Å². The minimum Gasteiger partial charge on any atom is -0.461 e. The maximum absolute atomic E-state index is 12.1. The Morgan fingerprint density at radius 2 is 2.27 bits per heavy atom. The summed E-state index contributed by atoms with van der Waals surface area (Å²) in [5, 5.41) is 0. The number of esters is 1. The Morgan fingerprint density at radius 3 is 2.96 bits per heavy atom. The van der Waals surface area contributed by atoms with Crippen molar-refractivity contribution >= 4 is 5.97 Å². The highest BCUT2D eigenvalue weighted by atomic mass is 16.5. The molecular formula is C18H24N4O4. The van der Waals surface area contributed by atoms with Gasteiger partial charge in [0.05, 0.1) is 24.1 Å². The molecule has 8 nitrogen and oxygen atoms in total. The van der Waals surface area contributed by atoms with Crippen LogP contribution < -0.4 is 5.69 Å². The van der Waals surface area contributed by atoms with E-state index in [1.54, 1.807) is 13.1 Å². The molecule has 0 radical (unpaired) electrons. The first-order chi connectivity index (χ1) is 12.7. The largest absolute Gasteiger partial charge is 0.461 e. The fraction of sp³-hybridized carbons (Fsp3) is 0.500. The molecule has 3 heterocycles. The van der Waals surface area contributed by atoms with Crippen LogP contribution in [0.25, 0.3) is 0 Å². The van der Waals surface area contributed by atoms with E-state index >= 15 is 0 Å². The lowest BCUT2D eigenvalue weighted by atomic mass is 10.2. The number of ether oxygens (including phenoxy) is 2. The number of H-pyrrole nitrogens is 2. The van der Waals surface area contributed by atoms with Crippen LogP contribution >= 0.6 is 0 Å². The number of aromatic nitrogens is 3. The molecule has 140 valence electrons. The van der Waals surface area contributed by atoms with Gasteiger partial charge < -0.3 is 14.5 Å². The monoisotopic (exact) mass is 360 g/mol. The van der Waals surface area contributed by atoms with Gasteiger partial charge in [-0.15, -0.1) is 0 Å². The number of aromatic amines is 2. The van der Waals surface area contributed by atoms with Crippen LogP contribution in [0.5, 0.6) is 0 Å². The molecule has 3 rings (SSSR count). The van der Waals surface area contributed by atoms with Crippen molar-refractivity contribution in [2.75, 3.05) is 19.8 Å². The molecule has 2 N–H and O–H groups in total. The summed E-state index contributed by atoms with van der Waals surface area (Å²) in [4.78, 5) is 35.6. The van der Waals surface area contributed by atoms with Gasteiger partial charge in [-0.3, -0.25) is 14.9 Å². The highest BCUT2D eigenvalue weighted by molar-refractivity contribution is 5.88. The zero-order chi connectivity index (χ0) is 18.4. The fourth-order valence-electron chi connectivity index (χ4n) is 3.12. The van der Waals surface area contributed by atoms with Crippen molar-refractivity contribution in [1.29, 1.82) is 0 Å². The summed E-state index contributed by atoms with van der Waals surface area (Å²) in [5.41, 5.74) is 1.19. The van der Waals surface area contributed by atoms with Gasteiger partial charge in [0.15, 0.2) is 0 Å². The second-order valence-electron chi connectivity index (χ2n) is 6.28. The number of nitrogens with zero attached hydrogens (tertiary/aromatic N) is 2. The van der Waals surface area contributed by atoms with Crippen LogP contribution in [0, 0.1) is 0 Å². The Labute approximate surface area is 151 Å². The van der Waals surface area contributed by atoms with Crippen molar-refractivity contribution in [2.24, 2.45) is 0 Å². The van der Waals surface area contributed by atoms with Crippen LogP contribution in [0.4, 0.5) is 0 Å². The van der Waals surface area contributed by atoms with Crippen LogP contribution in [-0.2, 0) is 22.6 Å². The van der Waals surface area contributed by atoms with Gasteiger partial charge in [-0.2, -0.15) is 0 Å². The maximum atomic E-state index is 12.1. The van der Waals surface area contributed by atoms with E-state index in [9.17, 15) is 9.59 Å². The zero-order valence-corrected chi connectivity index (χ0v) is 14.9. The predicted octanol–water partition coefficient (Wildman–Crippen LogP) is 1.46. The molecule has 26 heavy (non-hydrogen) atoms. The van der Waals surface area contributed by atoms with Gasteiger partial charge in [-0.1, -0.05) is 6.07 Å². The van der Waals surface area contributed by atoms with Crippen molar-refractivity contribution in [3.63, 3.8) is 0 Å². The number of hydrogen-bond donors (Lipinski definition) is 2. The van der Waals surface area contributed by atoms with E-state index in [1.165, 1.54) is 0 Å². The van der Waals surface area contributed by atoms with Gasteiger partial charge in [0.2, 0.25) is 0 Å². The summed E-state index contributed by atoms with van der Waals surface area (Å²) in [6.45, 7) is 4.44. The van der Waals surface area contributed by atoms with Crippen molar-refractivity contribution in [2.45, 2.75) is 39.0 Å². The molecular weight excluding hydrogens is 336 g/mol. The van der Waals surface area contributed by atoms with Crippen LogP contribution in [0.3, 0.4) is 0 Å². The number of carbonyl (C=O) groups is 1. The Morgan fingerprint density at radius 1 is 1.38 bits per heavy atom. The first kappa shape index (κ1) is 18.3. The molecule has 0 aromatic carbocycles. The summed E-state index contributed by atoms with van der Waals surface area (Å²) in [6.07, 6.45) is 3.96. The molecule has 2 aromatic rings. The highest BCUT2D eigenvalue weighted by Crippen LogP contribution is 2.17. The predicted molar refractivity (Wildman–Crippen MR) is 94.7 cm³/mol. The minimum absolute atomic E-state index is 0.149. The Kier molecular flexibility index (Phi) is 6.19. The average Bonchev–Trinajstić information content (AvgIpc) is 3.25. The van der Waals surface area contributed by atoms with Gasteiger partial charge in [0, 0.05) is 32.4 Å². The molecule has 0 bridgehead atoms. The quantitative estimate of drug-likeness (QED) is 0.691. The first-order valence-corrected chi connectivity index (χ1v) is 8.88. The molecule has 0 amide bonds. The van der Waals surface area contributed by atoms with Crippen molar-refractivity contribution in [3.8, 4) is 0 Å². The third-order valence-electron chi connectivity index (χ3n) is 4.26. The molecule has 0 unspecified atom stereocenters. The molecule has 1 atom stereocenters. The summed E-state index contributed by atoms with van der Waals surface area (Å²) < 4.78 is 10.8. The van der Waals surface area contributed by atoms with E-state index in [-0.39, 0.29) is 18.4 Å². The van der Waals surface area contributed by atoms with E-state index in [4.69, 9.17) is 9.47 Å². The number of imidazole rings is 1. The number of carbonyl (C=O) groups excluding carboxylic acids is 1. The third kappa shape index (κ3) is 4.80. The zero-order valence-electron chi connectivity index (χ0n) is 14.9. The van der Waals surface area contributed by atoms with E-state index in [2.05, 4.69) is 19.9 Å². The SMILES string of the molecule is CCOC(=O)c1[nH]c(=O)[nH]c1CN(Cc1ccccn1)C[C@H]1CCCO1. The van der Waals surface area contributed by atoms with Crippen molar-refractivity contribution in [1.82, 2.24) is 19.9 Å². The molecule has 0 saturated carbocycles. The second kappa shape index (κ2) is 8.77. The highest BCUT2D eigenvalue weighted by Gasteiger charge is 2.23. The lowest BCUT2D eigenvalue weighted by Crippen LogP contribution is -2.32. The number of rotatable bonds is 8. The molecule has 1 aliphatic rings. The summed E-state index contributed by atoms with van der Waals surface area (Å²) >= 11 is 0. The molecule has 1 fully saturated rings. The van der Waals surface area contributed by atoms with Gasteiger partial charge >= 0.3 is 11.7 Å². The van der Waals surface area contributed by atoms with Gasteiger partial charge in [0.1, 0.15) is 5.69 Å². The smallest absolute Gasteiger partial charge is 0.356 e. The van der Waals surface area contributed by atoms with E-state index in [0.717, 1.165) is 25.1 Å². The standard InChI is InChI=1S/C18H24N4O4/c1-2-25-17(23)16-15(20-18(24)21-16)12-22(11-14-7-5-9-26-14)10-13-6-3-4-8-19-13/h3-4,6,8,14H,2,5,7,9-12H2,1H3,(H2,20,21,24)/t14-/m1/s1. The van der Waals surface area contributed by atoms with Crippen LogP contribution in [0.1, 0.15) is 41.6 Å². The van der Waals surface area contributed by atoms with Gasteiger partial charge in [-0.25, -0.2) is 9.59 Å². The van der Waals surface area contributed by atoms with Crippen molar-refractivity contribution in [3.05, 3.63) is 52.0 Å². The van der Waals surface area contributed by atoms with Crippen molar-refractivity contribution < 1.29 is 14.3 Å². The Bertz CT molecular complexity index is 765. The number of nitrogens with one attached hydrogen (secondary N) is 2. The van der Waals surface area contributed by atoms with Crippen LogP contribution in [0.2, 0.25) is 0 Å². The average molecular weight is 360 g/mol. The molecule has 1 saturated heterocycles. The Hall–Kier alpha value is -2.45. The lowest BCUT2D eigenvalue weighted by Gasteiger charge is -2.24. The molecule has 0 spiro atoms. The summed E-state index contributed by atoms with van der Waals surface area (Å²) in [5.74, 6) is -0.532. The minimum atomic E-state index is -0.532. The van der Waals surface area contributed by atoms with E-state index < -0.39 is 11.7 Å². The number of pyridine rings is 1. The van der Waals surface area contributed by atoms with Gasteiger partial charge in [-0.05, 0) is 31.9 Å². The molecule has 0 aliphatic carbocycles.